The van der Waals surface area contributed by atoms with Crippen molar-refractivity contribution in [1.82, 2.24) is 0 Å². The normalized spacial score (nSPS) is 36.0. The minimum absolute atomic E-state index is 0.309. The molecule has 4 aliphatic carbocycles. The standard InChI is InChI=1S/C20H26BrNO/c1-12(23)6-19(22-18-4-2-17(21)3-5-18)20-15-8-13-7-14(10-15)11-16(20)9-13/h2-5,13-16,19-20,22H,6-11H2,1H3/t13?,14?,15?,16?,19-,20?/m0/s1. The maximum Gasteiger partial charge on any atom is 0.131 e. The van der Waals surface area contributed by atoms with Crippen molar-refractivity contribution < 1.29 is 4.79 Å². The molecular formula is C20H26BrNO. The first-order valence-corrected chi connectivity index (χ1v) is 9.89. The zero-order chi connectivity index (χ0) is 16.0. The maximum absolute atomic E-state index is 11.9. The van der Waals surface area contributed by atoms with Crippen LogP contribution in [0.3, 0.4) is 0 Å². The third kappa shape index (κ3) is 3.22. The van der Waals surface area contributed by atoms with Gasteiger partial charge in [0.15, 0.2) is 0 Å². The fraction of sp³-hybridized carbons (Fsp3) is 0.650. The van der Waals surface area contributed by atoms with E-state index in [0.29, 0.717) is 24.2 Å². The number of benzene rings is 1. The van der Waals surface area contributed by atoms with Crippen LogP contribution in [0.25, 0.3) is 0 Å². The van der Waals surface area contributed by atoms with E-state index in [2.05, 4.69) is 45.5 Å². The van der Waals surface area contributed by atoms with Gasteiger partial charge in [-0.15, -0.1) is 0 Å². The average Bonchev–Trinajstić information content (AvgIpc) is 2.47. The fourth-order valence-electron chi connectivity index (χ4n) is 5.98. The van der Waals surface area contributed by atoms with Crippen molar-refractivity contribution in [2.75, 3.05) is 5.32 Å². The van der Waals surface area contributed by atoms with Crippen LogP contribution in [0.5, 0.6) is 0 Å². The Morgan fingerprint density at radius 3 is 2.17 bits per heavy atom. The monoisotopic (exact) mass is 375 g/mol. The van der Waals surface area contributed by atoms with Gasteiger partial charge in [0.05, 0.1) is 0 Å². The molecule has 1 N–H and O–H groups in total. The van der Waals surface area contributed by atoms with Gasteiger partial charge in [-0.05, 0) is 92.9 Å². The molecule has 0 aromatic heterocycles. The Hall–Kier alpha value is -0.830. The summed E-state index contributed by atoms with van der Waals surface area (Å²) in [7, 11) is 0. The lowest BCUT2D eigenvalue weighted by Crippen LogP contribution is -2.51. The lowest BCUT2D eigenvalue weighted by molar-refractivity contribution is -0.118. The summed E-state index contributed by atoms with van der Waals surface area (Å²) >= 11 is 3.50. The molecule has 4 aliphatic rings. The number of nitrogens with one attached hydrogen (secondary N) is 1. The molecule has 2 nitrogen and oxygen atoms in total. The van der Waals surface area contributed by atoms with E-state index in [-0.39, 0.29) is 0 Å². The quantitative estimate of drug-likeness (QED) is 0.757. The van der Waals surface area contributed by atoms with Gasteiger partial charge in [-0.3, -0.25) is 4.79 Å². The molecule has 1 atom stereocenters. The second kappa shape index (κ2) is 6.23. The van der Waals surface area contributed by atoms with Crippen LogP contribution in [0.2, 0.25) is 0 Å². The van der Waals surface area contributed by atoms with Gasteiger partial charge in [0.25, 0.3) is 0 Å². The summed E-state index contributed by atoms with van der Waals surface area (Å²) in [5, 5.41) is 3.72. The Kier molecular flexibility index (Phi) is 4.25. The number of hydrogen-bond acceptors (Lipinski definition) is 2. The Morgan fingerprint density at radius 1 is 1.09 bits per heavy atom. The van der Waals surface area contributed by atoms with Crippen LogP contribution in [0.1, 0.15) is 45.4 Å². The summed E-state index contributed by atoms with van der Waals surface area (Å²) in [5.41, 5.74) is 1.15. The zero-order valence-electron chi connectivity index (χ0n) is 13.8. The molecular weight excluding hydrogens is 350 g/mol. The van der Waals surface area contributed by atoms with Gasteiger partial charge in [0, 0.05) is 22.6 Å². The number of Topliss-reactive ketones (excluding diaryl/α,β-unsaturated/α-hetero) is 1. The molecule has 23 heavy (non-hydrogen) atoms. The topological polar surface area (TPSA) is 29.1 Å². The van der Waals surface area contributed by atoms with Crippen LogP contribution in [-0.4, -0.2) is 11.8 Å². The zero-order valence-corrected chi connectivity index (χ0v) is 15.4. The van der Waals surface area contributed by atoms with Crippen LogP contribution >= 0.6 is 15.9 Å². The Bertz CT molecular complexity index is 554. The molecule has 1 aromatic rings. The summed E-state index contributed by atoms with van der Waals surface area (Å²) < 4.78 is 1.10. The molecule has 124 valence electrons. The summed E-state index contributed by atoms with van der Waals surface area (Å²) in [4.78, 5) is 11.9. The summed E-state index contributed by atoms with van der Waals surface area (Å²) in [6.07, 6.45) is 7.80. The van der Waals surface area contributed by atoms with Crippen molar-refractivity contribution in [3.63, 3.8) is 0 Å². The molecule has 0 spiro atoms. The third-order valence-corrected chi connectivity index (χ3v) is 7.00. The van der Waals surface area contributed by atoms with Crippen molar-refractivity contribution >= 4 is 27.4 Å². The van der Waals surface area contributed by atoms with Gasteiger partial charge >= 0.3 is 0 Å². The molecule has 4 fully saturated rings. The fourth-order valence-corrected chi connectivity index (χ4v) is 6.24. The Labute approximate surface area is 147 Å². The van der Waals surface area contributed by atoms with Gasteiger partial charge in [-0.2, -0.15) is 0 Å². The predicted octanol–water partition coefficient (Wildman–Crippen LogP) is 5.28. The molecule has 1 aromatic carbocycles. The number of carbonyl (C=O) groups excluding carboxylic acids is 1. The lowest BCUT2D eigenvalue weighted by atomic mass is 9.50. The largest absolute Gasteiger partial charge is 0.382 e. The van der Waals surface area contributed by atoms with Crippen molar-refractivity contribution in [3.8, 4) is 0 Å². The highest BCUT2D eigenvalue weighted by atomic mass is 79.9. The number of hydrogen-bond donors (Lipinski definition) is 1. The van der Waals surface area contributed by atoms with E-state index in [1.54, 1.807) is 6.92 Å². The summed E-state index contributed by atoms with van der Waals surface area (Å²) in [6, 6.07) is 8.69. The molecule has 5 rings (SSSR count). The van der Waals surface area contributed by atoms with Crippen LogP contribution < -0.4 is 5.32 Å². The van der Waals surface area contributed by atoms with Gasteiger partial charge in [-0.25, -0.2) is 0 Å². The van der Waals surface area contributed by atoms with Crippen molar-refractivity contribution in [1.29, 1.82) is 0 Å². The summed E-state index contributed by atoms with van der Waals surface area (Å²) in [6.45, 7) is 1.74. The average molecular weight is 376 g/mol. The molecule has 4 saturated carbocycles. The minimum atomic E-state index is 0.309. The summed E-state index contributed by atoms with van der Waals surface area (Å²) in [5.74, 6) is 4.67. The van der Waals surface area contributed by atoms with Crippen LogP contribution in [-0.2, 0) is 4.79 Å². The van der Waals surface area contributed by atoms with E-state index >= 15 is 0 Å². The molecule has 0 heterocycles. The van der Waals surface area contributed by atoms with Crippen LogP contribution in [0.15, 0.2) is 28.7 Å². The molecule has 0 amide bonds. The van der Waals surface area contributed by atoms with Crippen molar-refractivity contribution in [3.05, 3.63) is 28.7 Å². The van der Waals surface area contributed by atoms with Gasteiger partial charge in [0.1, 0.15) is 5.78 Å². The second-order valence-electron chi connectivity index (χ2n) is 8.17. The van der Waals surface area contributed by atoms with E-state index in [1.807, 2.05) is 0 Å². The van der Waals surface area contributed by atoms with Gasteiger partial charge in [0.2, 0.25) is 0 Å². The molecule has 0 radical (unpaired) electrons. The second-order valence-corrected chi connectivity index (χ2v) is 9.09. The molecule has 0 unspecified atom stereocenters. The van der Waals surface area contributed by atoms with E-state index < -0.39 is 0 Å². The van der Waals surface area contributed by atoms with Crippen molar-refractivity contribution in [2.24, 2.45) is 29.6 Å². The van der Waals surface area contributed by atoms with Gasteiger partial charge < -0.3 is 5.32 Å². The molecule has 3 heteroatoms. The number of ketones is 1. The van der Waals surface area contributed by atoms with Crippen molar-refractivity contribution in [2.45, 2.75) is 51.5 Å². The third-order valence-electron chi connectivity index (χ3n) is 6.47. The maximum atomic E-state index is 11.9. The molecule has 4 bridgehead atoms. The van der Waals surface area contributed by atoms with E-state index in [1.165, 1.54) is 32.1 Å². The minimum Gasteiger partial charge on any atom is -0.382 e. The highest BCUT2D eigenvalue weighted by molar-refractivity contribution is 9.10. The van der Waals surface area contributed by atoms with E-state index in [4.69, 9.17) is 0 Å². The number of anilines is 1. The number of rotatable bonds is 5. The smallest absolute Gasteiger partial charge is 0.131 e. The first-order chi connectivity index (χ1) is 11.1. The number of carbonyl (C=O) groups is 1. The van der Waals surface area contributed by atoms with Crippen LogP contribution in [0, 0.1) is 29.6 Å². The number of halogens is 1. The first-order valence-electron chi connectivity index (χ1n) is 9.10. The SMILES string of the molecule is CC(=O)C[C@H](Nc1ccc(Br)cc1)C1C2CC3CC(C2)CC1C3. The Morgan fingerprint density at radius 2 is 1.65 bits per heavy atom. The predicted molar refractivity (Wildman–Crippen MR) is 97.4 cm³/mol. The Balaban J connectivity index is 1.55. The van der Waals surface area contributed by atoms with E-state index in [0.717, 1.165) is 33.8 Å². The van der Waals surface area contributed by atoms with Crippen LogP contribution in [0.4, 0.5) is 5.69 Å². The highest BCUT2D eigenvalue weighted by Gasteiger charge is 2.50. The molecule has 0 aliphatic heterocycles. The van der Waals surface area contributed by atoms with Gasteiger partial charge in [-0.1, -0.05) is 15.9 Å². The lowest BCUT2D eigenvalue weighted by Gasteiger charge is -2.56. The van der Waals surface area contributed by atoms with E-state index in [9.17, 15) is 4.79 Å². The first kappa shape index (κ1) is 15.7. The highest BCUT2D eigenvalue weighted by Crippen LogP contribution is 2.57. The molecule has 0 saturated heterocycles.